The Labute approximate surface area is 173 Å². The van der Waals surface area contributed by atoms with E-state index in [1.807, 2.05) is 0 Å². The number of likely N-dealkylation sites (tertiary alicyclic amines) is 1. The second-order valence-electron chi connectivity index (χ2n) is 7.66. The van der Waals surface area contributed by atoms with Gasteiger partial charge < -0.3 is 19.4 Å². The van der Waals surface area contributed by atoms with Crippen LogP contribution >= 0.6 is 11.3 Å². The summed E-state index contributed by atoms with van der Waals surface area (Å²) in [5, 5.41) is 3.23. The molecule has 0 bridgehead atoms. The Hall–Kier alpha value is -2.61. The third kappa shape index (κ3) is 4.22. The minimum absolute atomic E-state index is 0.169. The summed E-state index contributed by atoms with van der Waals surface area (Å²) in [6.45, 7) is 3.25. The van der Waals surface area contributed by atoms with Gasteiger partial charge in [-0.15, -0.1) is 11.3 Å². The molecule has 0 spiro atoms. The molecule has 1 atom stereocenters. The number of hydrogen-bond donors (Lipinski definition) is 1. The van der Waals surface area contributed by atoms with Crippen molar-refractivity contribution in [1.29, 1.82) is 0 Å². The Morgan fingerprint density at radius 3 is 2.93 bits per heavy atom. The number of piperidine rings is 1. The Morgan fingerprint density at radius 2 is 2.17 bits per heavy atom. The van der Waals surface area contributed by atoms with Gasteiger partial charge in [-0.1, -0.05) is 6.92 Å². The molecule has 1 aliphatic carbocycles. The van der Waals surface area contributed by atoms with Crippen molar-refractivity contribution in [2.24, 2.45) is 5.92 Å². The van der Waals surface area contributed by atoms with Crippen LogP contribution in [-0.2, 0) is 22.4 Å². The molecule has 0 saturated carbocycles. The summed E-state index contributed by atoms with van der Waals surface area (Å²) >= 11 is 1.40. The zero-order chi connectivity index (χ0) is 20.4. The van der Waals surface area contributed by atoms with Gasteiger partial charge in [0.1, 0.15) is 5.00 Å². The maximum Gasteiger partial charge on any atom is 0.341 e. The number of carbonyl (C=O) groups is 3. The van der Waals surface area contributed by atoms with Crippen molar-refractivity contribution in [2.75, 3.05) is 25.0 Å². The number of ether oxygens (including phenoxy) is 1. The minimum Gasteiger partial charge on any atom is -0.459 e. The highest BCUT2D eigenvalue weighted by atomic mass is 32.1. The number of carbonyl (C=O) groups excluding carboxylic acids is 3. The van der Waals surface area contributed by atoms with Gasteiger partial charge in [0.05, 0.1) is 11.8 Å². The summed E-state index contributed by atoms with van der Waals surface area (Å²) < 4.78 is 10.5. The first-order chi connectivity index (χ1) is 14.0. The fraction of sp³-hybridized carbons (Fsp3) is 0.476. The number of nitrogens with one attached hydrogen (secondary N) is 1. The van der Waals surface area contributed by atoms with Crippen LogP contribution in [0.15, 0.2) is 22.8 Å². The summed E-state index contributed by atoms with van der Waals surface area (Å²) in [6.07, 6.45) is 6.13. The van der Waals surface area contributed by atoms with E-state index in [2.05, 4.69) is 12.2 Å². The maximum absolute atomic E-state index is 12.8. The molecule has 0 aromatic carbocycles. The van der Waals surface area contributed by atoms with Gasteiger partial charge in [0.25, 0.3) is 11.8 Å². The smallest absolute Gasteiger partial charge is 0.341 e. The lowest BCUT2D eigenvalue weighted by Crippen LogP contribution is -2.41. The number of rotatable bonds is 5. The number of esters is 1. The van der Waals surface area contributed by atoms with Crippen molar-refractivity contribution in [3.8, 4) is 0 Å². The molecule has 1 unspecified atom stereocenters. The number of aryl methyl sites for hydroxylation is 1. The number of amides is 2. The van der Waals surface area contributed by atoms with Gasteiger partial charge in [0, 0.05) is 18.0 Å². The van der Waals surface area contributed by atoms with E-state index in [-0.39, 0.29) is 18.3 Å². The number of anilines is 1. The molecule has 1 saturated heterocycles. The standard InChI is InChI=1S/C21H24N2O5S/c1-13-5-3-9-23(11-13)17(24)12-28-21(26)18-14-6-2-8-16(14)29-20(18)22-19(25)15-7-4-10-27-15/h4,7,10,13H,2-3,5-6,8-9,11-12H2,1H3,(H,22,25). The van der Waals surface area contributed by atoms with Crippen LogP contribution in [0.5, 0.6) is 0 Å². The molecule has 3 heterocycles. The van der Waals surface area contributed by atoms with Crippen LogP contribution in [0.1, 0.15) is 57.5 Å². The molecular weight excluding hydrogens is 392 g/mol. The fourth-order valence-electron chi connectivity index (χ4n) is 3.99. The van der Waals surface area contributed by atoms with Crippen LogP contribution in [0, 0.1) is 5.92 Å². The van der Waals surface area contributed by atoms with Crippen LogP contribution in [0.3, 0.4) is 0 Å². The van der Waals surface area contributed by atoms with Gasteiger partial charge >= 0.3 is 5.97 Å². The van der Waals surface area contributed by atoms with Crippen molar-refractivity contribution in [1.82, 2.24) is 4.90 Å². The average molecular weight is 416 g/mol. The number of fused-ring (bicyclic) bond motifs is 1. The van der Waals surface area contributed by atoms with Crippen LogP contribution < -0.4 is 5.32 Å². The van der Waals surface area contributed by atoms with Gasteiger partial charge in [-0.3, -0.25) is 9.59 Å². The Balaban J connectivity index is 1.46. The van der Waals surface area contributed by atoms with Crippen molar-refractivity contribution >= 4 is 34.1 Å². The summed E-state index contributed by atoms with van der Waals surface area (Å²) in [5.74, 6) is -0.503. The van der Waals surface area contributed by atoms with E-state index in [4.69, 9.17) is 9.15 Å². The lowest BCUT2D eigenvalue weighted by Gasteiger charge is -2.30. The van der Waals surface area contributed by atoms with E-state index in [0.717, 1.165) is 42.5 Å². The van der Waals surface area contributed by atoms with Gasteiger partial charge in [-0.25, -0.2) is 4.79 Å². The fourth-order valence-corrected chi connectivity index (χ4v) is 5.26. The molecule has 2 amide bonds. The SMILES string of the molecule is CC1CCCN(C(=O)COC(=O)c2c(NC(=O)c3ccco3)sc3c2CCC3)C1. The predicted molar refractivity (Wildman–Crippen MR) is 108 cm³/mol. The minimum atomic E-state index is -0.558. The van der Waals surface area contributed by atoms with Crippen LogP contribution in [-0.4, -0.2) is 42.4 Å². The van der Waals surface area contributed by atoms with Crippen molar-refractivity contribution in [2.45, 2.75) is 39.0 Å². The van der Waals surface area contributed by atoms with Gasteiger partial charge in [0.15, 0.2) is 12.4 Å². The average Bonchev–Trinajstić information content (AvgIpc) is 3.43. The molecule has 4 rings (SSSR count). The molecule has 1 fully saturated rings. The number of nitrogens with zero attached hydrogens (tertiary/aromatic N) is 1. The molecule has 29 heavy (non-hydrogen) atoms. The van der Waals surface area contributed by atoms with E-state index in [0.29, 0.717) is 29.6 Å². The second kappa shape index (κ2) is 8.41. The first-order valence-corrected chi connectivity index (χ1v) is 10.8. The number of thiophene rings is 1. The largest absolute Gasteiger partial charge is 0.459 e. The lowest BCUT2D eigenvalue weighted by molar-refractivity contribution is -0.136. The summed E-state index contributed by atoms with van der Waals surface area (Å²) in [5.41, 5.74) is 1.30. The van der Waals surface area contributed by atoms with Crippen LogP contribution in [0.4, 0.5) is 5.00 Å². The molecule has 2 aromatic rings. The number of furan rings is 1. The van der Waals surface area contributed by atoms with Crippen LogP contribution in [0.2, 0.25) is 0 Å². The first-order valence-electron chi connectivity index (χ1n) is 9.97. The molecular formula is C21H24N2O5S. The van der Waals surface area contributed by atoms with Crippen molar-refractivity contribution < 1.29 is 23.5 Å². The quantitative estimate of drug-likeness (QED) is 0.754. The molecule has 7 nitrogen and oxygen atoms in total. The molecule has 2 aliphatic rings. The highest BCUT2D eigenvalue weighted by Gasteiger charge is 2.30. The molecule has 1 N–H and O–H groups in total. The van der Waals surface area contributed by atoms with Gasteiger partial charge in [-0.2, -0.15) is 0 Å². The Morgan fingerprint density at radius 1 is 1.31 bits per heavy atom. The van der Waals surface area contributed by atoms with Crippen molar-refractivity contribution in [3.63, 3.8) is 0 Å². The van der Waals surface area contributed by atoms with E-state index >= 15 is 0 Å². The Kier molecular flexibility index (Phi) is 5.71. The molecule has 1 aliphatic heterocycles. The summed E-state index contributed by atoms with van der Waals surface area (Å²) in [7, 11) is 0. The third-order valence-corrected chi connectivity index (χ3v) is 6.64. The second-order valence-corrected chi connectivity index (χ2v) is 8.76. The van der Waals surface area contributed by atoms with E-state index < -0.39 is 11.9 Å². The third-order valence-electron chi connectivity index (χ3n) is 5.43. The zero-order valence-electron chi connectivity index (χ0n) is 16.4. The molecule has 154 valence electrons. The normalized spacial score (nSPS) is 18.4. The highest BCUT2D eigenvalue weighted by molar-refractivity contribution is 7.17. The van der Waals surface area contributed by atoms with E-state index in [1.54, 1.807) is 17.0 Å². The predicted octanol–water partition coefficient (Wildman–Crippen LogP) is 3.50. The van der Waals surface area contributed by atoms with E-state index in [9.17, 15) is 14.4 Å². The molecule has 0 radical (unpaired) electrons. The first kappa shape index (κ1) is 19.7. The van der Waals surface area contributed by atoms with Gasteiger partial charge in [0.2, 0.25) is 0 Å². The van der Waals surface area contributed by atoms with Crippen molar-refractivity contribution in [3.05, 3.63) is 40.2 Å². The number of hydrogen-bond acceptors (Lipinski definition) is 6. The zero-order valence-corrected chi connectivity index (χ0v) is 17.2. The lowest BCUT2D eigenvalue weighted by atomic mass is 10.0. The van der Waals surface area contributed by atoms with Gasteiger partial charge in [-0.05, 0) is 55.7 Å². The summed E-state index contributed by atoms with van der Waals surface area (Å²) in [4.78, 5) is 40.5. The topological polar surface area (TPSA) is 88.9 Å². The maximum atomic E-state index is 12.8. The summed E-state index contributed by atoms with van der Waals surface area (Å²) in [6, 6.07) is 3.19. The monoisotopic (exact) mass is 416 g/mol. The molecule has 8 heteroatoms. The highest BCUT2D eigenvalue weighted by Crippen LogP contribution is 2.39. The molecule has 2 aromatic heterocycles. The van der Waals surface area contributed by atoms with Crippen LogP contribution in [0.25, 0.3) is 0 Å². The van der Waals surface area contributed by atoms with E-state index in [1.165, 1.54) is 17.6 Å². The Bertz CT molecular complexity index is 918.